The predicted octanol–water partition coefficient (Wildman–Crippen LogP) is 1.99. The average molecular weight is 307 g/mol. The monoisotopic (exact) mass is 306 g/mol. The molecule has 1 aromatic heterocycles. The van der Waals surface area contributed by atoms with E-state index in [1.165, 1.54) is 4.90 Å². The third-order valence-corrected chi connectivity index (χ3v) is 3.81. The number of carbonyl (C=O) groups is 1. The van der Waals surface area contributed by atoms with Crippen molar-refractivity contribution in [2.75, 3.05) is 11.9 Å². The van der Waals surface area contributed by atoms with Crippen LogP contribution in [0.3, 0.4) is 0 Å². The number of amides is 1. The molecule has 0 bridgehead atoms. The first-order valence-corrected chi connectivity index (χ1v) is 6.29. The number of hydrogen-bond acceptors (Lipinski definition) is 2. The average Bonchev–Trinajstić information content (AvgIpc) is 2.94. The van der Waals surface area contributed by atoms with Crippen molar-refractivity contribution in [2.24, 2.45) is 0 Å². The van der Waals surface area contributed by atoms with Crippen LogP contribution in [0.5, 0.6) is 0 Å². The molecule has 0 aliphatic carbocycles. The van der Waals surface area contributed by atoms with Gasteiger partial charge in [0.25, 0.3) is 5.91 Å². The summed E-state index contributed by atoms with van der Waals surface area (Å²) in [5.74, 6) is -0.349. The van der Waals surface area contributed by atoms with Gasteiger partial charge in [0.15, 0.2) is 0 Å². The van der Waals surface area contributed by atoms with Crippen molar-refractivity contribution in [3.05, 3.63) is 52.3 Å². The molecule has 5 heteroatoms. The summed E-state index contributed by atoms with van der Waals surface area (Å²) in [5.41, 5.74) is 0.182. The molecule has 0 radical (unpaired) electrons. The van der Waals surface area contributed by atoms with Gasteiger partial charge in [-0.1, -0.05) is 22.0 Å². The van der Waals surface area contributed by atoms with Crippen molar-refractivity contribution < 1.29 is 9.90 Å². The molecule has 1 atom stereocenters. The Morgan fingerprint density at radius 1 is 1.39 bits per heavy atom. The molecule has 0 saturated carbocycles. The molecule has 0 saturated heterocycles. The van der Waals surface area contributed by atoms with E-state index in [1.807, 2.05) is 12.1 Å². The molecule has 0 fully saturated rings. The zero-order valence-electron chi connectivity index (χ0n) is 9.64. The van der Waals surface area contributed by atoms with Crippen molar-refractivity contribution >= 4 is 27.5 Å². The molecule has 0 unspecified atom stereocenters. The number of hydrogen-bond donors (Lipinski definition) is 2. The lowest BCUT2D eigenvalue weighted by molar-refractivity contribution is -0.132. The van der Waals surface area contributed by atoms with Gasteiger partial charge in [-0.25, -0.2) is 0 Å². The van der Waals surface area contributed by atoms with Gasteiger partial charge in [-0.05, 0) is 24.3 Å². The van der Waals surface area contributed by atoms with Crippen LogP contribution in [0, 0.1) is 0 Å². The van der Waals surface area contributed by atoms with E-state index in [2.05, 4.69) is 20.9 Å². The molecule has 2 aromatic rings. The number of anilines is 1. The van der Waals surface area contributed by atoms with E-state index < -0.39 is 5.60 Å². The minimum atomic E-state index is -1.62. The molecule has 1 amide bonds. The number of carbonyl (C=O) groups excluding carboxylic acids is 1. The highest BCUT2D eigenvalue weighted by Crippen LogP contribution is 2.44. The summed E-state index contributed by atoms with van der Waals surface area (Å²) < 4.78 is 0.872. The Labute approximate surface area is 112 Å². The summed E-state index contributed by atoms with van der Waals surface area (Å²) in [6.45, 7) is 0. The lowest BCUT2D eigenvalue weighted by Crippen LogP contribution is -2.39. The fourth-order valence-corrected chi connectivity index (χ4v) is 2.72. The van der Waals surface area contributed by atoms with Gasteiger partial charge in [0.05, 0.1) is 11.4 Å². The molecule has 2 heterocycles. The number of rotatable bonds is 1. The van der Waals surface area contributed by atoms with Gasteiger partial charge in [-0.3, -0.25) is 4.79 Å². The molecule has 4 nitrogen and oxygen atoms in total. The van der Waals surface area contributed by atoms with Gasteiger partial charge >= 0.3 is 0 Å². The van der Waals surface area contributed by atoms with E-state index in [-0.39, 0.29) is 5.91 Å². The van der Waals surface area contributed by atoms with E-state index in [9.17, 15) is 9.90 Å². The van der Waals surface area contributed by atoms with E-state index in [1.54, 1.807) is 31.4 Å². The van der Waals surface area contributed by atoms with Crippen molar-refractivity contribution in [1.29, 1.82) is 0 Å². The predicted molar refractivity (Wildman–Crippen MR) is 71.3 cm³/mol. The fraction of sp³-hybridized carbons (Fsp3) is 0.154. The van der Waals surface area contributed by atoms with E-state index in [0.29, 0.717) is 16.9 Å². The number of fused-ring (bicyclic) bond motifs is 1. The van der Waals surface area contributed by atoms with Crippen molar-refractivity contribution in [1.82, 2.24) is 4.98 Å². The maximum Gasteiger partial charge on any atom is 0.269 e. The first-order chi connectivity index (χ1) is 8.55. The molecule has 2 N–H and O–H groups in total. The summed E-state index contributed by atoms with van der Waals surface area (Å²) in [6, 6.07) is 8.88. The minimum absolute atomic E-state index is 0.349. The van der Waals surface area contributed by atoms with Crippen LogP contribution < -0.4 is 4.90 Å². The number of H-pyrrole nitrogens is 1. The number of nitrogens with one attached hydrogen (secondary N) is 1. The third-order valence-electron chi connectivity index (χ3n) is 3.31. The third kappa shape index (κ3) is 1.31. The molecule has 1 aliphatic rings. The van der Waals surface area contributed by atoms with Crippen LogP contribution in [0.2, 0.25) is 0 Å². The molecular weight excluding hydrogens is 296 g/mol. The van der Waals surface area contributed by atoms with E-state index in [0.717, 1.165) is 4.47 Å². The van der Waals surface area contributed by atoms with E-state index >= 15 is 0 Å². The molecule has 1 aliphatic heterocycles. The van der Waals surface area contributed by atoms with Gasteiger partial charge in [-0.15, -0.1) is 0 Å². The number of aliphatic hydroxyl groups is 1. The summed E-state index contributed by atoms with van der Waals surface area (Å²) in [6.07, 6.45) is 1.69. The van der Waals surface area contributed by atoms with Crippen molar-refractivity contribution in [3.63, 3.8) is 0 Å². The number of aromatic amines is 1. The molecular formula is C13H11BrN2O2. The zero-order valence-corrected chi connectivity index (χ0v) is 11.2. The number of nitrogens with zero attached hydrogens (tertiary/aromatic N) is 1. The SMILES string of the molecule is CN1C(=O)[C@@](O)(c2ccc[nH]2)c2ccc(Br)cc21. The lowest BCUT2D eigenvalue weighted by Gasteiger charge is -2.20. The maximum absolute atomic E-state index is 12.3. The number of aromatic nitrogens is 1. The molecule has 1 aromatic carbocycles. The highest BCUT2D eigenvalue weighted by atomic mass is 79.9. The summed E-state index contributed by atoms with van der Waals surface area (Å²) in [5, 5.41) is 10.8. The minimum Gasteiger partial charge on any atom is -0.371 e. The highest BCUT2D eigenvalue weighted by molar-refractivity contribution is 9.10. The Kier molecular flexibility index (Phi) is 2.36. The largest absolute Gasteiger partial charge is 0.371 e. The Morgan fingerprint density at radius 2 is 2.17 bits per heavy atom. The zero-order chi connectivity index (χ0) is 12.9. The van der Waals surface area contributed by atoms with Crippen LogP contribution in [-0.4, -0.2) is 23.0 Å². The first kappa shape index (κ1) is 11.5. The molecule has 18 heavy (non-hydrogen) atoms. The quantitative estimate of drug-likeness (QED) is 0.846. The summed E-state index contributed by atoms with van der Waals surface area (Å²) >= 11 is 3.37. The molecule has 0 spiro atoms. The number of likely N-dealkylation sites (N-methyl/N-ethyl adjacent to an activating group) is 1. The van der Waals surface area contributed by atoms with Gasteiger partial charge in [0, 0.05) is 23.3 Å². The number of benzene rings is 1. The topological polar surface area (TPSA) is 56.3 Å². The molecule has 92 valence electrons. The second kappa shape index (κ2) is 3.70. The Bertz CT molecular complexity index is 624. The highest BCUT2D eigenvalue weighted by Gasteiger charge is 2.50. The smallest absolute Gasteiger partial charge is 0.269 e. The number of halogens is 1. The molecule has 3 rings (SSSR count). The standard InChI is InChI=1S/C13H11BrN2O2/c1-16-10-7-8(14)4-5-9(10)13(18,12(16)17)11-3-2-6-15-11/h2-7,15,18H,1H3/t13-/m0/s1. The second-order valence-electron chi connectivity index (χ2n) is 4.32. The lowest BCUT2D eigenvalue weighted by atomic mass is 9.92. The second-order valence-corrected chi connectivity index (χ2v) is 5.24. The van der Waals surface area contributed by atoms with Crippen LogP contribution in [0.4, 0.5) is 5.69 Å². The van der Waals surface area contributed by atoms with Gasteiger partial charge < -0.3 is 15.0 Å². The van der Waals surface area contributed by atoms with Crippen molar-refractivity contribution in [2.45, 2.75) is 5.60 Å². The Hall–Kier alpha value is -1.59. The van der Waals surface area contributed by atoms with Crippen molar-refractivity contribution in [3.8, 4) is 0 Å². The first-order valence-electron chi connectivity index (χ1n) is 5.49. The van der Waals surface area contributed by atoms with Gasteiger partial charge in [0.2, 0.25) is 5.60 Å². The van der Waals surface area contributed by atoms with E-state index in [4.69, 9.17) is 0 Å². The van der Waals surface area contributed by atoms with Crippen LogP contribution in [0.15, 0.2) is 41.0 Å². The fourth-order valence-electron chi connectivity index (χ4n) is 2.37. The van der Waals surface area contributed by atoms with Gasteiger partial charge in [-0.2, -0.15) is 0 Å². The van der Waals surface area contributed by atoms with Crippen LogP contribution >= 0.6 is 15.9 Å². The van der Waals surface area contributed by atoms with Gasteiger partial charge in [0.1, 0.15) is 0 Å². The van der Waals surface area contributed by atoms with Crippen LogP contribution in [0.25, 0.3) is 0 Å². The summed E-state index contributed by atoms with van der Waals surface area (Å²) in [4.78, 5) is 16.7. The van der Waals surface area contributed by atoms with Crippen LogP contribution in [-0.2, 0) is 10.4 Å². The normalized spacial score (nSPS) is 22.4. The van der Waals surface area contributed by atoms with Crippen LogP contribution in [0.1, 0.15) is 11.3 Å². The Balaban J connectivity index is 2.28. The summed E-state index contributed by atoms with van der Waals surface area (Å²) in [7, 11) is 1.66. The maximum atomic E-state index is 12.3. The Morgan fingerprint density at radius 3 is 2.83 bits per heavy atom.